The molecule has 3 nitrogen and oxygen atoms in total. The van der Waals surface area contributed by atoms with Gasteiger partial charge in [-0.3, -0.25) is 4.79 Å². The van der Waals surface area contributed by atoms with Gasteiger partial charge in [-0.1, -0.05) is 32.6 Å². The van der Waals surface area contributed by atoms with Crippen molar-refractivity contribution in [3.05, 3.63) is 0 Å². The maximum Gasteiger partial charge on any atom is 0.220 e. The van der Waals surface area contributed by atoms with Crippen LogP contribution in [-0.2, 0) is 4.79 Å². The van der Waals surface area contributed by atoms with Crippen LogP contribution in [0.15, 0.2) is 0 Å². The molecular weight excluding hydrogens is 236 g/mol. The van der Waals surface area contributed by atoms with Crippen molar-refractivity contribution in [2.75, 3.05) is 19.6 Å². The summed E-state index contributed by atoms with van der Waals surface area (Å²) < 4.78 is 0. The van der Waals surface area contributed by atoms with Crippen LogP contribution in [0.25, 0.3) is 0 Å². The molecule has 0 aromatic heterocycles. The second-order valence-electron chi connectivity index (χ2n) is 6.88. The molecule has 0 atom stereocenters. The number of hydrogen-bond acceptors (Lipinski definition) is 2. The summed E-state index contributed by atoms with van der Waals surface area (Å²) in [4.78, 5) is 11.9. The lowest BCUT2D eigenvalue weighted by atomic mass is 9.81. The number of piperidine rings is 1. The van der Waals surface area contributed by atoms with E-state index in [1.165, 1.54) is 44.9 Å². The average Bonchev–Trinajstić information content (AvgIpc) is 2.91. The number of carbonyl (C=O) groups is 1. The van der Waals surface area contributed by atoms with Gasteiger partial charge in [-0.2, -0.15) is 0 Å². The van der Waals surface area contributed by atoms with Gasteiger partial charge < -0.3 is 10.6 Å². The summed E-state index contributed by atoms with van der Waals surface area (Å²) in [5.41, 5.74) is 0.312. The molecule has 0 aromatic carbocycles. The van der Waals surface area contributed by atoms with Crippen LogP contribution in [0, 0.1) is 11.3 Å². The molecule has 0 radical (unpaired) electrons. The second-order valence-corrected chi connectivity index (χ2v) is 6.88. The molecule has 1 aliphatic carbocycles. The van der Waals surface area contributed by atoms with Crippen molar-refractivity contribution in [2.24, 2.45) is 11.3 Å². The largest absolute Gasteiger partial charge is 0.356 e. The van der Waals surface area contributed by atoms with Gasteiger partial charge in [-0.05, 0) is 50.1 Å². The first kappa shape index (κ1) is 14.8. The summed E-state index contributed by atoms with van der Waals surface area (Å²) >= 11 is 0. The molecule has 0 spiro atoms. The number of hydrogen-bond donors (Lipinski definition) is 2. The Kier molecular flexibility index (Phi) is 5.68. The summed E-state index contributed by atoms with van der Waals surface area (Å²) in [6.07, 6.45) is 11.0. The van der Waals surface area contributed by atoms with Gasteiger partial charge in [0.15, 0.2) is 0 Å². The summed E-state index contributed by atoms with van der Waals surface area (Å²) in [7, 11) is 0. The van der Waals surface area contributed by atoms with Crippen LogP contribution in [0.1, 0.15) is 64.7 Å². The lowest BCUT2D eigenvalue weighted by Gasteiger charge is -2.34. The van der Waals surface area contributed by atoms with Gasteiger partial charge in [0, 0.05) is 13.0 Å². The number of rotatable bonds is 6. The highest BCUT2D eigenvalue weighted by atomic mass is 16.1. The van der Waals surface area contributed by atoms with E-state index in [-0.39, 0.29) is 5.91 Å². The number of amides is 1. The van der Waals surface area contributed by atoms with Crippen LogP contribution in [0.2, 0.25) is 0 Å². The van der Waals surface area contributed by atoms with Crippen LogP contribution in [-0.4, -0.2) is 25.5 Å². The predicted octanol–water partition coefficient (Wildman–Crippen LogP) is 2.85. The fourth-order valence-corrected chi connectivity index (χ4v) is 3.46. The zero-order valence-corrected chi connectivity index (χ0v) is 12.5. The van der Waals surface area contributed by atoms with Crippen molar-refractivity contribution in [3.63, 3.8) is 0 Å². The molecule has 0 unspecified atom stereocenters. The second kappa shape index (κ2) is 7.28. The van der Waals surface area contributed by atoms with E-state index >= 15 is 0 Å². The van der Waals surface area contributed by atoms with Gasteiger partial charge in [-0.15, -0.1) is 0 Å². The molecular formula is C16H30N2O. The first-order chi connectivity index (χ1) is 9.18. The normalized spacial score (nSPS) is 23.4. The Morgan fingerprint density at radius 2 is 1.95 bits per heavy atom. The van der Waals surface area contributed by atoms with Gasteiger partial charge in [0.2, 0.25) is 5.91 Å². The quantitative estimate of drug-likeness (QED) is 0.776. The maximum atomic E-state index is 11.9. The summed E-state index contributed by atoms with van der Waals surface area (Å²) in [5, 5.41) is 6.53. The monoisotopic (exact) mass is 266 g/mol. The first-order valence-corrected chi connectivity index (χ1v) is 8.15. The van der Waals surface area contributed by atoms with E-state index in [0.29, 0.717) is 5.41 Å². The van der Waals surface area contributed by atoms with E-state index in [0.717, 1.165) is 38.4 Å². The van der Waals surface area contributed by atoms with Crippen LogP contribution >= 0.6 is 0 Å². The standard InChI is InChI=1S/C16H30N2O/c1-16(9-11-17-12-10-16)13-18-15(19)8-4-7-14-5-2-3-6-14/h14,17H,2-13H2,1H3,(H,18,19). The van der Waals surface area contributed by atoms with Crippen molar-refractivity contribution >= 4 is 5.91 Å². The predicted molar refractivity (Wildman–Crippen MR) is 79.0 cm³/mol. The Bertz CT molecular complexity index is 278. The van der Waals surface area contributed by atoms with Gasteiger partial charge in [-0.25, -0.2) is 0 Å². The Hall–Kier alpha value is -0.570. The molecule has 2 N–H and O–H groups in total. The molecule has 0 bridgehead atoms. The minimum absolute atomic E-state index is 0.262. The molecule has 19 heavy (non-hydrogen) atoms. The highest BCUT2D eigenvalue weighted by molar-refractivity contribution is 5.75. The molecule has 2 rings (SSSR count). The fraction of sp³-hybridized carbons (Fsp3) is 0.938. The smallest absolute Gasteiger partial charge is 0.220 e. The molecule has 110 valence electrons. The summed E-state index contributed by atoms with van der Waals surface area (Å²) in [6, 6.07) is 0. The zero-order chi connectivity index (χ0) is 13.6. The van der Waals surface area contributed by atoms with Gasteiger partial charge >= 0.3 is 0 Å². The Balaban J connectivity index is 1.56. The zero-order valence-electron chi connectivity index (χ0n) is 12.5. The van der Waals surface area contributed by atoms with Crippen LogP contribution in [0.4, 0.5) is 0 Å². The van der Waals surface area contributed by atoms with E-state index < -0.39 is 0 Å². The molecule has 1 saturated heterocycles. The van der Waals surface area contributed by atoms with Gasteiger partial charge in [0.05, 0.1) is 0 Å². The lowest BCUT2D eigenvalue weighted by Crippen LogP contribution is -2.42. The Labute approximate surface area is 117 Å². The minimum Gasteiger partial charge on any atom is -0.356 e. The molecule has 0 aromatic rings. The highest BCUT2D eigenvalue weighted by Crippen LogP contribution is 2.29. The topological polar surface area (TPSA) is 41.1 Å². The van der Waals surface area contributed by atoms with Crippen molar-refractivity contribution in [1.82, 2.24) is 10.6 Å². The number of carbonyl (C=O) groups excluding carboxylic acids is 1. The van der Waals surface area contributed by atoms with Gasteiger partial charge in [0.25, 0.3) is 0 Å². The fourth-order valence-electron chi connectivity index (χ4n) is 3.46. The first-order valence-electron chi connectivity index (χ1n) is 8.15. The van der Waals surface area contributed by atoms with Crippen molar-refractivity contribution < 1.29 is 4.79 Å². The minimum atomic E-state index is 0.262. The highest BCUT2D eigenvalue weighted by Gasteiger charge is 2.26. The molecule has 1 amide bonds. The SMILES string of the molecule is CC1(CNC(=O)CCCC2CCCC2)CCNCC1. The molecule has 1 heterocycles. The van der Waals surface area contributed by atoms with Crippen molar-refractivity contribution in [1.29, 1.82) is 0 Å². The van der Waals surface area contributed by atoms with Crippen LogP contribution in [0.3, 0.4) is 0 Å². The van der Waals surface area contributed by atoms with Gasteiger partial charge in [0.1, 0.15) is 0 Å². The Morgan fingerprint density at radius 1 is 1.26 bits per heavy atom. The third-order valence-corrected chi connectivity index (χ3v) is 5.01. The molecule has 3 heteroatoms. The van der Waals surface area contributed by atoms with E-state index in [2.05, 4.69) is 17.6 Å². The van der Waals surface area contributed by atoms with Crippen molar-refractivity contribution in [3.8, 4) is 0 Å². The van der Waals surface area contributed by atoms with Crippen molar-refractivity contribution in [2.45, 2.75) is 64.7 Å². The summed E-state index contributed by atoms with van der Waals surface area (Å²) in [6.45, 7) is 5.34. The Morgan fingerprint density at radius 3 is 2.63 bits per heavy atom. The third-order valence-electron chi connectivity index (χ3n) is 5.01. The molecule has 1 saturated carbocycles. The summed E-state index contributed by atoms with van der Waals surface area (Å²) in [5.74, 6) is 1.17. The maximum absolute atomic E-state index is 11.9. The van der Waals surface area contributed by atoms with Crippen LogP contribution < -0.4 is 10.6 Å². The molecule has 1 aliphatic heterocycles. The van der Waals surface area contributed by atoms with E-state index in [1.54, 1.807) is 0 Å². The van der Waals surface area contributed by atoms with Crippen LogP contribution in [0.5, 0.6) is 0 Å². The van der Waals surface area contributed by atoms with E-state index in [4.69, 9.17) is 0 Å². The average molecular weight is 266 g/mol. The number of nitrogens with one attached hydrogen (secondary N) is 2. The van der Waals surface area contributed by atoms with E-state index in [1.807, 2.05) is 0 Å². The third kappa shape index (κ3) is 5.13. The van der Waals surface area contributed by atoms with E-state index in [9.17, 15) is 4.79 Å². The molecule has 2 fully saturated rings. The molecule has 2 aliphatic rings. The lowest BCUT2D eigenvalue weighted by molar-refractivity contribution is -0.121.